The molecule has 1 saturated heterocycles. The van der Waals surface area contributed by atoms with Crippen LogP contribution >= 0.6 is 0 Å². The van der Waals surface area contributed by atoms with Crippen LogP contribution < -0.4 is 5.32 Å². The quantitative estimate of drug-likeness (QED) is 0.886. The van der Waals surface area contributed by atoms with E-state index in [1.54, 1.807) is 0 Å². The number of likely N-dealkylation sites (tertiary alicyclic amines) is 1. The number of nitrogens with zero attached hydrogens (tertiary/aromatic N) is 3. The maximum absolute atomic E-state index is 4.61. The summed E-state index contributed by atoms with van der Waals surface area (Å²) in [6, 6.07) is 2.46. The summed E-state index contributed by atoms with van der Waals surface area (Å²) in [6.45, 7) is 12.1. The molecule has 0 amide bonds. The standard InChI is InChI=1S/C15H26N4/c1-11(2)14-9-12(3)16-15(18-14)17-13(4)10-19-7-5-6-8-19/h9,11,13H,5-8,10H2,1-4H3,(H,16,17,18). The van der Waals surface area contributed by atoms with Crippen molar-refractivity contribution in [2.75, 3.05) is 25.0 Å². The minimum Gasteiger partial charge on any atom is -0.350 e. The van der Waals surface area contributed by atoms with Crippen LogP contribution in [0.3, 0.4) is 0 Å². The van der Waals surface area contributed by atoms with Gasteiger partial charge in [0.25, 0.3) is 0 Å². The fourth-order valence-corrected chi connectivity index (χ4v) is 2.57. The molecule has 4 heteroatoms. The van der Waals surface area contributed by atoms with Crippen molar-refractivity contribution in [1.82, 2.24) is 14.9 Å². The molecule has 1 N–H and O–H groups in total. The van der Waals surface area contributed by atoms with Gasteiger partial charge in [0.2, 0.25) is 5.95 Å². The van der Waals surface area contributed by atoms with Crippen LogP contribution in [-0.2, 0) is 0 Å². The highest BCUT2D eigenvalue weighted by Crippen LogP contribution is 2.15. The summed E-state index contributed by atoms with van der Waals surface area (Å²) in [7, 11) is 0. The lowest BCUT2D eigenvalue weighted by molar-refractivity contribution is 0.327. The summed E-state index contributed by atoms with van der Waals surface area (Å²) in [6.07, 6.45) is 2.68. The van der Waals surface area contributed by atoms with Crippen LogP contribution in [0.1, 0.15) is 50.9 Å². The van der Waals surface area contributed by atoms with E-state index in [4.69, 9.17) is 0 Å². The van der Waals surface area contributed by atoms with E-state index in [1.807, 2.05) is 6.92 Å². The Morgan fingerprint density at radius 3 is 2.53 bits per heavy atom. The molecule has 0 aromatic carbocycles. The van der Waals surface area contributed by atoms with Crippen molar-refractivity contribution in [1.29, 1.82) is 0 Å². The molecule has 106 valence electrons. The Balaban J connectivity index is 1.97. The Kier molecular flexibility index (Phi) is 4.75. The number of rotatable bonds is 5. The highest BCUT2D eigenvalue weighted by molar-refractivity contribution is 5.30. The molecular formula is C15H26N4. The molecule has 1 aromatic rings. The molecule has 0 aliphatic carbocycles. The first-order chi connectivity index (χ1) is 9.04. The summed E-state index contributed by atoms with van der Waals surface area (Å²) in [5.74, 6) is 1.21. The van der Waals surface area contributed by atoms with Crippen molar-refractivity contribution in [2.45, 2.75) is 52.5 Å². The highest BCUT2D eigenvalue weighted by Gasteiger charge is 2.15. The third-order valence-electron chi connectivity index (χ3n) is 3.57. The minimum absolute atomic E-state index is 0.389. The first-order valence-electron chi connectivity index (χ1n) is 7.39. The lowest BCUT2D eigenvalue weighted by Gasteiger charge is -2.21. The van der Waals surface area contributed by atoms with E-state index in [9.17, 15) is 0 Å². The molecule has 0 bridgehead atoms. The molecule has 0 saturated carbocycles. The summed E-state index contributed by atoms with van der Waals surface area (Å²) in [5.41, 5.74) is 2.15. The number of nitrogens with one attached hydrogen (secondary N) is 1. The lowest BCUT2D eigenvalue weighted by atomic mass is 10.1. The predicted octanol–water partition coefficient (Wildman–Crippen LogP) is 2.80. The number of hydrogen-bond donors (Lipinski definition) is 1. The van der Waals surface area contributed by atoms with Gasteiger partial charge in [-0.05, 0) is 51.8 Å². The zero-order valence-corrected chi connectivity index (χ0v) is 12.6. The largest absolute Gasteiger partial charge is 0.350 e. The van der Waals surface area contributed by atoms with Crippen LogP contribution in [0.4, 0.5) is 5.95 Å². The normalized spacial score (nSPS) is 17.9. The van der Waals surface area contributed by atoms with Crippen LogP contribution in [0.2, 0.25) is 0 Å². The van der Waals surface area contributed by atoms with E-state index >= 15 is 0 Å². The SMILES string of the molecule is Cc1cc(C(C)C)nc(NC(C)CN2CCCC2)n1. The number of aromatic nitrogens is 2. The summed E-state index contributed by atoms with van der Waals surface area (Å²) >= 11 is 0. The van der Waals surface area contributed by atoms with Crippen LogP contribution in [0.5, 0.6) is 0 Å². The Labute approximate surface area is 116 Å². The molecule has 1 atom stereocenters. The van der Waals surface area contributed by atoms with Gasteiger partial charge in [0.15, 0.2) is 0 Å². The third kappa shape index (κ3) is 4.16. The van der Waals surface area contributed by atoms with Crippen LogP contribution in [0, 0.1) is 6.92 Å². The molecule has 0 radical (unpaired) electrons. The monoisotopic (exact) mass is 262 g/mol. The smallest absolute Gasteiger partial charge is 0.223 e. The fraction of sp³-hybridized carbons (Fsp3) is 0.733. The predicted molar refractivity (Wildman–Crippen MR) is 79.6 cm³/mol. The van der Waals surface area contributed by atoms with Gasteiger partial charge in [-0.3, -0.25) is 0 Å². The van der Waals surface area contributed by atoms with Crippen molar-refractivity contribution in [3.05, 3.63) is 17.5 Å². The average molecular weight is 262 g/mol. The van der Waals surface area contributed by atoms with Crippen LogP contribution in [0.15, 0.2) is 6.07 Å². The lowest BCUT2D eigenvalue weighted by Crippen LogP contribution is -2.33. The van der Waals surface area contributed by atoms with Gasteiger partial charge in [0.1, 0.15) is 0 Å². The Hall–Kier alpha value is -1.16. The molecule has 0 spiro atoms. The van der Waals surface area contributed by atoms with Crippen molar-refractivity contribution >= 4 is 5.95 Å². The topological polar surface area (TPSA) is 41.1 Å². The van der Waals surface area contributed by atoms with E-state index < -0.39 is 0 Å². The molecule has 1 aromatic heterocycles. The Morgan fingerprint density at radius 1 is 1.21 bits per heavy atom. The van der Waals surface area contributed by atoms with E-state index in [2.05, 4.69) is 47.0 Å². The molecule has 4 nitrogen and oxygen atoms in total. The molecule has 1 aliphatic heterocycles. The number of anilines is 1. The molecule has 19 heavy (non-hydrogen) atoms. The highest BCUT2D eigenvalue weighted by atomic mass is 15.2. The third-order valence-corrected chi connectivity index (χ3v) is 3.57. The molecular weight excluding hydrogens is 236 g/mol. The van der Waals surface area contributed by atoms with E-state index in [0.717, 1.165) is 23.9 Å². The van der Waals surface area contributed by atoms with Gasteiger partial charge in [-0.2, -0.15) is 0 Å². The average Bonchev–Trinajstić information content (AvgIpc) is 2.80. The van der Waals surface area contributed by atoms with E-state index in [0.29, 0.717) is 12.0 Å². The second-order valence-corrected chi connectivity index (χ2v) is 5.97. The van der Waals surface area contributed by atoms with Gasteiger partial charge in [-0.15, -0.1) is 0 Å². The fourth-order valence-electron chi connectivity index (χ4n) is 2.57. The maximum Gasteiger partial charge on any atom is 0.223 e. The van der Waals surface area contributed by atoms with Crippen molar-refractivity contribution in [3.8, 4) is 0 Å². The number of aryl methyl sites for hydroxylation is 1. The van der Waals surface area contributed by atoms with Crippen LogP contribution in [-0.4, -0.2) is 40.5 Å². The first-order valence-corrected chi connectivity index (χ1v) is 7.39. The van der Waals surface area contributed by atoms with Gasteiger partial charge in [0.05, 0.1) is 0 Å². The van der Waals surface area contributed by atoms with Crippen molar-refractivity contribution < 1.29 is 0 Å². The van der Waals surface area contributed by atoms with Crippen molar-refractivity contribution in [2.24, 2.45) is 0 Å². The molecule has 1 unspecified atom stereocenters. The molecule has 2 rings (SSSR count). The van der Waals surface area contributed by atoms with E-state index in [-0.39, 0.29) is 0 Å². The second kappa shape index (κ2) is 6.33. The minimum atomic E-state index is 0.389. The van der Waals surface area contributed by atoms with Gasteiger partial charge < -0.3 is 10.2 Å². The maximum atomic E-state index is 4.61. The van der Waals surface area contributed by atoms with Crippen molar-refractivity contribution in [3.63, 3.8) is 0 Å². The first kappa shape index (κ1) is 14.3. The summed E-state index contributed by atoms with van der Waals surface area (Å²) in [4.78, 5) is 11.6. The second-order valence-electron chi connectivity index (χ2n) is 5.97. The Bertz CT molecular complexity index is 411. The van der Waals surface area contributed by atoms with Crippen LogP contribution in [0.25, 0.3) is 0 Å². The van der Waals surface area contributed by atoms with Gasteiger partial charge in [-0.25, -0.2) is 9.97 Å². The van der Waals surface area contributed by atoms with Gasteiger partial charge in [0, 0.05) is 24.0 Å². The van der Waals surface area contributed by atoms with Gasteiger partial charge >= 0.3 is 0 Å². The molecule has 2 heterocycles. The van der Waals surface area contributed by atoms with Gasteiger partial charge in [-0.1, -0.05) is 13.8 Å². The summed E-state index contributed by atoms with van der Waals surface area (Å²) in [5, 5.41) is 3.44. The number of hydrogen-bond acceptors (Lipinski definition) is 4. The summed E-state index contributed by atoms with van der Waals surface area (Å²) < 4.78 is 0. The Morgan fingerprint density at radius 2 is 1.89 bits per heavy atom. The zero-order chi connectivity index (χ0) is 13.8. The zero-order valence-electron chi connectivity index (χ0n) is 12.6. The molecule has 1 aliphatic rings. The van der Waals surface area contributed by atoms with E-state index in [1.165, 1.54) is 25.9 Å². The molecule has 1 fully saturated rings.